The monoisotopic (exact) mass is 342 g/mol. The molecule has 134 valence electrons. The smallest absolute Gasteiger partial charge is 0.333 e. The van der Waals surface area contributed by atoms with Gasteiger partial charge in [-0.05, 0) is 26.2 Å². The molecule has 0 aromatic carbocycles. The van der Waals surface area contributed by atoms with Crippen LogP contribution >= 0.6 is 0 Å². The first kappa shape index (κ1) is 22.3. The van der Waals surface area contributed by atoms with Crippen molar-refractivity contribution in [2.45, 2.75) is 77.7 Å². The lowest BCUT2D eigenvalue weighted by Gasteiger charge is -2.18. The second-order valence-corrected chi connectivity index (χ2v) is 7.09. The van der Waals surface area contributed by atoms with Gasteiger partial charge in [-0.15, -0.1) is 0 Å². The summed E-state index contributed by atoms with van der Waals surface area (Å²) in [6.45, 7) is 11.6. The molecule has 0 fully saturated rings. The Morgan fingerprint density at radius 1 is 0.957 bits per heavy atom. The number of carbonyl (C=O) groups excluding carboxylic acids is 1. The minimum atomic E-state index is -0.291. The fraction of sp³-hybridized carbons (Fsp3) is 0.833. The molecule has 0 aromatic heterocycles. The highest BCUT2D eigenvalue weighted by Gasteiger charge is 2.10. The number of esters is 1. The van der Waals surface area contributed by atoms with E-state index >= 15 is 0 Å². The number of ether oxygens (including phenoxy) is 3. The lowest BCUT2D eigenvalue weighted by atomic mass is 10.3. The molecule has 0 rings (SSSR count). The SMILES string of the molecule is C=C(C)C(=O)OCCCCC[Si]C(OCCCC)OCCCC. The Hall–Kier alpha value is -0.653. The standard InChI is InChI=1S/C18H34O4Si/c1-5-7-12-21-18(22-13-8-6-2)23-15-11-9-10-14-20-17(19)16(3)4/h18H,3,5-15H2,1-2,4H3. The van der Waals surface area contributed by atoms with E-state index in [9.17, 15) is 4.79 Å². The van der Waals surface area contributed by atoms with Crippen molar-refractivity contribution in [1.82, 2.24) is 0 Å². The van der Waals surface area contributed by atoms with Crippen LogP contribution in [0.5, 0.6) is 0 Å². The minimum Gasteiger partial charge on any atom is -0.462 e. The van der Waals surface area contributed by atoms with E-state index in [0.717, 1.165) is 64.2 Å². The molecule has 0 spiro atoms. The molecule has 0 atom stereocenters. The number of hydrogen-bond donors (Lipinski definition) is 0. The van der Waals surface area contributed by atoms with Gasteiger partial charge in [-0.1, -0.05) is 52.2 Å². The third-order valence-corrected chi connectivity index (χ3v) is 4.56. The van der Waals surface area contributed by atoms with E-state index in [0.29, 0.717) is 21.7 Å². The van der Waals surface area contributed by atoms with Crippen molar-refractivity contribution in [2.24, 2.45) is 0 Å². The first-order valence-electron chi connectivity index (χ1n) is 8.91. The average molecular weight is 343 g/mol. The van der Waals surface area contributed by atoms with Crippen LogP contribution < -0.4 is 0 Å². The summed E-state index contributed by atoms with van der Waals surface area (Å²) < 4.78 is 16.7. The van der Waals surface area contributed by atoms with Gasteiger partial charge in [-0.2, -0.15) is 0 Å². The molecule has 0 aliphatic rings. The van der Waals surface area contributed by atoms with Crippen molar-refractivity contribution in [2.75, 3.05) is 19.8 Å². The van der Waals surface area contributed by atoms with Crippen LogP contribution in [0.3, 0.4) is 0 Å². The van der Waals surface area contributed by atoms with Crippen molar-refractivity contribution in [3.8, 4) is 0 Å². The predicted octanol–water partition coefficient (Wildman–Crippen LogP) is 4.32. The lowest BCUT2D eigenvalue weighted by molar-refractivity contribution is -0.139. The van der Waals surface area contributed by atoms with Crippen molar-refractivity contribution in [1.29, 1.82) is 0 Å². The van der Waals surface area contributed by atoms with Gasteiger partial charge in [0.1, 0.15) is 15.4 Å². The van der Waals surface area contributed by atoms with Gasteiger partial charge < -0.3 is 14.2 Å². The quantitative estimate of drug-likeness (QED) is 0.138. The summed E-state index contributed by atoms with van der Waals surface area (Å²) in [5.41, 5.74) is 0.461. The third-order valence-electron chi connectivity index (χ3n) is 3.25. The third kappa shape index (κ3) is 14.7. The van der Waals surface area contributed by atoms with Crippen molar-refractivity contribution in [3.63, 3.8) is 0 Å². The van der Waals surface area contributed by atoms with Gasteiger partial charge in [-0.25, -0.2) is 4.79 Å². The molecule has 0 heterocycles. The summed E-state index contributed by atoms with van der Waals surface area (Å²) in [6, 6.07) is 1.11. The Bertz CT molecular complexity index is 297. The van der Waals surface area contributed by atoms with Crippen molar-refractivity contribution in [3.05, 3.63) is 12.2 Å². The average Bonchev–Trinajstić information content (AvgIpc) is 2.53. The molecule has 4 nitrogen and oxygen atoms in total. The van der Waals surface area contributed by atoms with Crippen molar-refractivity contribution >= 4 is 15.5 Å². The van der Waals surface area contributed by atoms with E-state index < -0.39 is 0 Å². The van der Waals surface area contributed by atoms with E-state index in [2.05, 4.69) is 20.4 Å². The highest BCUT2D eigenvalue weighted by molar-refractivity contribution is 6.36. The zero-order valence-electron chi connectivity index (χ0n) is 15.2. The van der Waals surface area contributed by atoms with Gasteiger partial charge >= 0.3 is 5.97 Å². The Kier molecular flexibility index (Phi) is 15.8. The van der Waals surface area contributed by atoms with Gasteiger partial charge in [0.05, 0.1) is 6.61 Å². The predicted molar refractivity (Wildman–Crippen MR) is 95.7 cm³/mol. The largest absolute Gasteiger partial charge is 0.462 e. The Morgan fingerprint density at radius 3 is 2.09 bits per heavy atom. The van der Waals surface area contributed by atoms with Gasteiger partial charge in [0.15, 0.2) is 0 Å². The summed E-state index contributed by atoms with van der Waals surface area (Å²) in [5.74, 6) is -0.324. The molecule has 0 aliphatic carbocycles. The topological polar surface area (TPSA) is 44.8 Å². The van der Waals surface area contributed by atoms with Gasteiger partial charge in [0.2, 0.25) is 0 Å². The number of rotatable bonds is 16. The number of carbonyl (C=O) groups is 1. The lowest BCUT2D eigenvalue weighted by Crippen LogP contribution is -2.25. The fourth-order valence-corrected chi connectivity index (χ4v) is 2.91. The van der Waals surface area contributed by atoms with Gasteiger partial charge in [0, 0.05) is 18.8 Å². The fourth-order valence-electron chi connectivity index (χ4n) is 1.75. The maximum absolute atomic E-state index is 11.2. The van der Waals surface area contributed by atoms with Crippen molar-refractivity contribution < 1.29 is 19.0 Å². The molecular weight excluding hydrogens is 308 g/mol. The van der Waals surface area contributed by atoms with Crippen LogP contribution in [0.15, 0.2) is 12.2 Å². The second-order valence-electron chi connectivity index (χ2n) is 5.71. The zero-order chi connectivity index (χ0) is 17.3. The molecule has 5 heteroatoms. The molecule has 2 radical (unpaired) electrons. The first-order valence-corrected chi connectivity index (χ1v) is 10.2. The molecule has 0 saturated carbocycles. The molecule has 0 N–H and O–H groups in total. The van der Waals surface area contributed by atoms with Gasteiger partial charge in [0.25, 0.3) is 0 Å². The molecule has 0 bridgehead atoms. The van der Waals surface area contributed by atoms with Crippen LogP contribution in [-0.4, -0.2) is 41.2 Å². The summed E-state index contributed by atoms with van der Waals surface area (Å²) in [6.07, 6.45) is 7.56. The Balaban J connectivity index is 3.67. The van der Waals surface area contributed by atoms with Gasteiger partial charge in [-0.3, -0.25) is 0 Å². The highest BCUT2D eigenvalue weighted by atomic mass is 28.2. The maximum Gasteiger partial charge on any atom is 0.333 e. The van der Waals surface area contributed by atoms with E-state index in [4.69, 9.17) is 14.2 Å². The van der Waals surface area contributed by atoms with Crippen LogP contribution in [0.1, 0.15) is 65.7 Å². The van der Waals surface area contributed by atoms with Crippen LogP contribution in [0.25, 0.3) is 0 Å². The summed E-state index contributed by atoms with van der Waals surface area (Å²) in [7, 11) is 0.683. The van der Waals surface area contributed by atoms with Crippen LogP contribution in [0.2, 0.25) is 6.04 Å². The van der Waals surface area contributed by atoms with Crippen LogP contribution in [0, 0.1) is 0 Å². The van der Waals surface area contributed by atoms with E-state index in [1.165, 1.54) is 0 Å². The van der Waals surface area contributed by atoms with E-state index in [1.54, 1.807) is 6.92 Å². The molecule has 0 unspecified atom stereocenters. The molecular formula is C18H34O4Si. The minimum absolute atomic E-state index is 0.0330. The highest BCUT2D eigenvalue weighted by Crippen LogP contribution is 2.06. The summed E-state index contributed by atoms with van der Waals surface area (Å²) in [4.78, 5) is 11.2. The maximum atomic E-state index is 11.2. The zero-order valence-corrected chi connectivity index (χ0v) is 16.2. The van der Waals surface area contributed by atoms with Crippen LogP contribution in [-0.2, 0) is 19.0 Å². The Labute approximate surface area is 144 Å². The molecule has 0 aliphatic heterocycles. The molecule has 0 saturated heterocycles. The van der Waals surface area contributed by atoms with Crippen LogP contribution in [0.4, 0.5) is 0 Å². The summed E-state index contributed by atoms with van der Waals surface area (Å²) >= 11 is 0. The number of unbranched alkanes of at least 4 members (excludes halogenated alkanes) is 4. The van der Waals surface area contributed by atoms with E-state index in [-0.39, 0.29) is 11.9 Å². The van der Waals surface area contributed by atoms with E-state index in [1.807, 2.05) is 0 Å². The normalized spacial score (nSPS) is 11.0. The molecule has 0 aromatic rings. The first-order chi connectivity index (χ1) is 11.1. The second kappa shape index (κ2) is 16.2. The summed E-state index contributed by atoms with van der Waals surface area (Å²) in [5, 5.41) is 0. The Morgan fingerprint density at radius 2 is 1.57 bits per heavy atom. The molecule has 23 heavy (non-hydrogen) atoms. The molecule has 0 amide bonds. The number of hydrogen-bond acceptors (Lipinski definition) is 4.